The summed E-state index contributed by atoms with van der Waals surface area (Å²) < 4.78 is 0. The monoisotopic (exact) mass is 283 g/mol. The zero-order chi connectivity index (χ0) is 13.7. The Labute approximate surface area is 117 Å². The van der Waals surface area contributed by atoms with Gasteiger partial charge in [-0.1, -0.05) is 6.92 Å². The number of carbonyl (C=O) groups is 1. The minimum absolute atomic E-state index is 0.0579. The van der Waals surface area contributed by atoms with Crippen LogP contribution in [0.1, 0.15) is 37.5 Å². The summed E-state index contributed by atoms with van der Waals surface area (Å²) in [5.41, 5.74) is 0. The number of hydrogen-bond donors (Lipinski definition) is 2. The highest BCUT2D eigenvalue weighted by molar-refractivity contribution is 7.15. The first-order valence-electron chi connectivity index (χ1n) is 6.87. The maximum atomic E-state index is 12.2. The Kier molecular flexibility index (Phi) is 5.15. The summed E-state index contributed by atoms with van der Waals surface area (Å²) in [6.07, 6.45) is 6.46. The first kappa shape index (κ1) is 14.3. The number of anilines is 1. The second kappa shape index (κ2) is 6.86. The van der Waals surface area contributed by atoms with E-state index in [1.54, 1.807) is 0 Å². The largest absolute Gasteiger partial charge is 0.396 e. The van der Waals surface area contributed by atoms with Gasteiger partial charge in [0, 0.05) is 30.3 Å². The molecule has 1 aliphatic rings. The van der Waals surface area contributed by atoms with E-state index in [0.29, 0.717) is 5.13 Å². The lowest BCUT2D eigenvalue weighted by atomic mass is 10.1. The molecule has 0 aromatic carbocycles. The molecule has 106 valence electrons. The van der Waals surface area contributed by atoms with Crippen molar-refractivity contribution in [1.29, 1.82) is 0 Å². The van der Waals surface area contributed by atoms with E-state index in [-0.39, 0.29) is 18.7 Å². The van der Waals surface area contributed by atoms with Crippen molar-refractivity contribution in [3.63, 3.8) is 0 Å². The second-order valence-corrected chi connectivity index (χ2v) is 5.89. The Morgan fingerprint density at radius 3 is 3.21 bits per heavy atom. The van der Waals surface area contributed by atoms with Gasteiger partial charge in [-0.3, -0.25) is 5.32 Å². The topological polar surface area (TPSA) is 65.5 Å². The molecule has 0 bridgehead atoms. The van der Waals surface area contributed by atoms with Crippen molar-refractivity contribution in [2.45, 2.75) is 45.1 Å². The van der Waals surface area contributed by atoms with Crippen molar-refractivity contribution in [2.75, 3.05) is 18.5 Å². The van der Waals surface area contributed by atoms with Crippen LogP contribution >= 0.6 is 11.3 Å². The van der Waals surface area contributed by atoms with Gasteiger partial charge in [0.15, 0.2) is 5.13 Å². The van der Waals surface area contributed by atoms with Crippen molar-refractivity contribution in [3.8, 4) is 0 Å². The van der Waals surface area contributed by atoms with E-state index in [4.69, 9.17) is 5.11 Å². The first-order chi connectivity index (χ1) is 9.24. The maximum absolute atomic E-state index is 12.2. The molecule has 2 amide bonds. The van der Waals surface area contributed by atoms with Crippen LogP contribution in [0.3, 0.4) is 0 Å². The molecule has 19 heavy (non-hydrogen) atoms. The van der Waals surface area contributed by atoms with Crippen molar-refractivity contribution < 1.29 is 9.90 Å². The molecule has 0 spiro atoms. The van der Waals surface area contributed by atoms with Gasteiger partial charge in [-0.25, -0.2) is 9.78 Å². The lowest BCUT2D eigenvalue weighted by Crippen LogP contribution is -2.38. The third kappa shape index (κ3) is 3.67. The molecule has 0 radical (unpaired) electrons. The summed E-state index contributed by atoms with van der Waals surface area (Å²) in [6, 6.07) is 0.204. The Morgan fingerprint density at radius 1 is 1.68 bits per heavy atom. The lowest BCUT2D eigenvalue weighted by molar-refractivity contribution is 0.197. The van der Waals surface area contributed by atoms with E-state index in [1.165, 1.54) is 16.2 Å². The van der Waals surface area contributed by atoms with Gasteiger partial charge < -0.3 is 10.0 Å². The molecule has 1 atom stereocenters. The van der Waals surface area contributed by atoms with Gasteiger partial charge in [0.05, 0.1) is 0 Å². The van der Waals surface area contributed by atoms with E-state index in [2.05, 4.69) is 17.2 Å². The number of amides is 2. The van der Waals surface area contributed by atoms with Crippen LogP contribution in [0.4, 0.5) is 9.93 Å². The molecular weight excluding hydrogens is 262 g/mol. The molecule has 2 N–H and O–H groups in total. The number of nitrogens with one attached hydrogen (secondary N) is 1. The van der Waals surface area contributed by atoms with Crippen LogP contribution in [0.15, 0.2) is 6.20 Å². The summed E-state index contributed by atoms with van der Waals surface area (Å²) in [4.78, 5) is 19.5. The molecule has 2 heterocycles. The fraction of sp³-hybridized carbons (Fsp3) is 0.692. The molecule has 1 aromatic heterocycles. The molecule has 1 aromatic rings. The highest BCUT2D eigenvalue weighted by Gasteiger charge is 2.28. The van der Waals surface area contributed by atoms with Crippen LogP contribution < -0.4 is 5.32 Å². The third-order valence-electron chi connectivity index (χ3n) is 3.45. The van der Waals surface area contributed by atoms with Crippen LogP contribution in [0.2, 0.25) is 0 Å². The van der Waals surface area contributed by atoms with Crippen LogP contribution in [-0.4, -0.2) is 40.2 Å². The minimum Gasteiger partial charge on any atom is -0.396 e. The quantitative estimate of drug-likeness (QED) is 0.872. The lowest BCUT2D eigenvalue weighted by Gasteiger charge is -2.24. The van der Waals surface area contributed by atoms with Gasteiger partial charge in [-0.05, 0) is 32.1 Å². The average molecular weight is 283 g/mol. The molecule has 0 saturated carbocycles. The van der Waals surface area contributed by atoms with Crippen LogP contribution in [0.25, 0.3) is 0 Å². The number of aliphatic hydroxyl groups is 1. The standard InChI is InChI=1S/C13H21N3O2S/c1-2-11-9-14-12(19-11)15-13(18)16-7-3-5-10(16)6-4-8-17/h9-10,17H,2-8H2,1H3,(H,14,15,18)/t10-/m1/s1. The predicted octanol–water partition coefficient (Wildman–Crippen LogP) is 2.47. The van der Waals surface area contributed by atoms with Crippen molar-refractivity contribution in [1.82, 2.24) is 9.88 Å². The maximum Gasteiger partial charge on any atom is 0.323 e. The number of hydrogen-bond acceptors (Lipinski definition) is 4. The molecular formula is C13H21N3O2S. The van der Waals surface area contributed by atoms with E-state index >= 15 is 0 Å². The highest BCUT2D eigenvalue weighted by Crippen LogP contribution is 2.24. The Bertz CT molecular complexity index is 422. The zero-order valence-electron chi connectivity index (χ0n) is 11.3. The van der Waals surface area contributed by atoms with E-state index in [9.17, 15) is 4.79 Å². The van der Waals surface area contributed by atoms with Gasteiger partial charge >= 0.3 is 6.03 Å². The van der Waals surface area contributed by atoms with Gasteiger partial charge in [0.2, 0.25) is 0 Å². The van der Waals surface area contributed by atoms with Gasteiger partial charge in [-0.15, -0.1) is 11.3 Å². The van der Waals surface area contributed by atoms with E-state index < -0.39 is 0 Å². The number of rotatable bonds is 5. The number of aromatic nitrogens is 1. The average Bonchev–Trinajstić information content (AvgIpc) is 3.04. The van der Waals surface area contributed by atoms with Crippen LogP contribution in [0.5, 0.6) is 0 Å². The molecule has 1 aliphatic heterocycles. The molecule has 1 saturated heterocycles. The summed E-state index contributed by atoms with van der Waals surface area (Å²) in [5, 5.41) is 12.4. The van der Waals surface area contributed by atoms with Crippen molar-refractivity contribution >= 4 is 22.5 Å². The Hall–Kier alpha value is -1.14. The Balaban J connectivity index is 1.91. The van der Waals surface area contributed by atoms with Crippen molar-refractivity contribution in [2.24, 2.45) is 0 Å². The zero-order valence-corrected chi connectivity index (χ0v) is 12.1. The molecule has 0 unspecified atom stereocenters. The highest BCUT2D eigenvalue weighted by atomic mass is 32.1. The van der Waals surface area contributed by atoms with Gasteiger partial charge in [0.1, 0.15) is 0 Å². The number of aryl methyl sites for hydroxylation is 1. The number of aliphatic hydroxyl groups excluding tert-OH is 1. The number of carbonyl (C=O) groups excluding carboxylic acids is 1. The van der Waals surface area contributed by atoms with Gasteiger partial charge in [-0.2, -0.15) is 0 Å². The predicted molar refractivity (Wildman–Crippen MR) is 76.6 cm³/mol. The number of thiazole rings is 1. The number of likely N-dealkylation sites (tertiary alicyclic amines) is 1. The molecule has 1 fully saturated rings. The van der Waals surface area contributed by atoms with Crippen LogP contribution in [-0.2, 0) is 6.42 Å². The minimum atomic E-state index is -0.0579. The third-order valence-corrected chi connectivity index (χ3v) is 4.51. The van der Waals surface area contributed by atoms with E-state index in [1.807, 2.05) is 11.1 Å². The van der Waals surface area contributed by atoms with Crippen LogP contribution in [0, 0.1) is 0 Å². The Morgan fingerprint density at radius 2 is 2.53 bits per heavy atom. The number of urea groups is 1. The summed E-state index contributed by atoms with van der Waals surface area (Å²) in [7, 11) is 0. The fourth-order valence-electron chi connectivity index (χ4n) is 2.42. The number of nitrogens with zero attached hydrogens (tertiary/aromatic N) is 2. The SMILES string of the molecule is CCc1cnc(NC(=O)N2CCC[C@@H]2CCCO)s1. The summed E-state index contributed by atoms with van der Waals surface area (Å²) in [6.45, 7) is 3.07. The molecule has 5 nitrogen and oxygen atoms in total. The molecule has 6 heteroatoms. The first-order valence-corrected chi connectivity index (χ1v) is 7.69. The van der Waals surface area contributed by atoms with Gasteiger partial charge in [0.25, 0.3) is 0 Å². The normalized spacial score (nSPS) is 18.8. The smallest absolute Gasteiger partial charge is 0.323 e. The van der Waals surface area contributed by atoms with Crippen molar-refractivity contribution in [3.05, 3.63) is 11.1 Å². The second-order valence-electron chi connectivity index (χ2n) is 4.77. The van der Waals surface area contributed by atoms with E-state index in [0.717, 1.165) is 38.6 Å². The molecule has 0 aliphatic carbocycles. The summed E-state index contributed by atoms with van der Waals surface area (Å²) in [5.74, 6) is 0. The molecule has 2 rings (SSSR count). The fourth-order valence-corrected chi connectivity index (χ4v) is 3.16. The summed E-state index contributed by atoms with van der Waals surface area (Å²) >= 11 is 1.53.